The molecule has 0 radical (unpaired) electrons. The molecule has 0 unspecified atom stereocenters. The van der Waals surface area contributed by atoms with E-state index in [-0.39, 0.29) is 5.91 Å². The number of anilines is 2. The predicted molar refractivity (Wildman–Crippen MR) is 102 cm³/mol. The lowest BCUT2D eigenvalue weighted by Crippen LogP contribution is -2.38. The van der Waals surface area contributed by atoms with Crippen LogP contribution in [0.3, 0.4) is 0 Å². The average molecular weight is 373 g/mol. The van der Waals surface area contributed by atoms with Gasteiger partial charge in [-0.25, -0.2) is 0 Å². The van der Waals surface area contributed by atoms with Gasteiger partial charge in [-0.05, 0) is 37.5 Å². The molecule has 1 saturated heterocycles. The van der Waals surface area contributed by atoms with Crippen molar-refractivity contribution in [3.05, 3.63) is 29.8 Å². The lowest BCUT2D eigenvalue weighted by atomic mass is 10.2. The largest absolute Gasteiger partial charge is 0.378 e. The Morgan fingerprint density at radius 3 is 2.85 bits per heavy atom. The van der Waals surface area contributed by atoms with E-state index in [4.69, 9.17) is 4.74 Å². The van der Waals surface area contributed by atoms with Crippen LogP contribution < -0.4 is 10.2 Å². The molecule has 1 aromatic heterocycles. The molecule has 1 aliphatic carbocycles. The lowest BCUT2D eigenvalue weighted by Gasteiger charge is -2.27. The van der Waals surface area contributed by atoms with E-state index in [0.717, 1.165) is 61.5 Å². The Kier molecular flexibility index (Phi) is 5.12. The molecule has 0 bridgehead atoms. The molecule has 4 rings (SSSR count). The van der Waals surface area contributed by atoms with Gasteiger partial charge in [0.15, 0.2) is 5.16 Å². The third kappa shape index (κ3) is 4.02. The number of carbonyl (C=O) groups excluding carboxylic acids is 1. The van der Waals surface area contributed by atoms with Gasteiger partial charge in [-0.3, -0.25) is 9.36 Å². The second-order valence-corrected chi connectivity index (χ2v) is 7.63. The van der Waals surface area contributed by atoms with E-state index in [1.165, 1.54) is 11.8 Å². The number of nitrogens with one attached hydrogen (secondary N) is 1. The first-order valence-corrected chi connectivity index (χ1v) is 9.96. The van der Waals surface area contributed by atoms with Crippen molar-refractivity contribution >= 4 is 29.3 Å². The molecule has 26 heavy (non-hydrogen) atoms. The molecule has 2 aromatic rings. The van der Waals surface area contributed by atoms with Crippen LogP contribution in [0.5, 0.6) is 0 Å². The summed E-state index contributed by atoms with van der Waals surface area (Å²) >= 11 is 1.45. The molecule has 138 valence electrons. The Bertz CT molecular complexity index is 784. The van der Waals surface area contributed by atoms with Crippen LogP contribution in [0.2, 0.25) is 0 Å². The topological polar surface area (TPSA) is 72.3 Å². The number of ether oxygens (including phenoxy) is 1. The maximum atomic E-state index is 12.3. The number of benzene rings is 1. The van der Waals surface area contributed by atoms with Crippen LogP contribution in [-0.2, 0) is 9.53 Å². The van der Waals surface area contributed by atoms with Crippen LogP contribution in [0.25, 0.3) is 0 Å². The highest BCUT2D eigenvalue weighted by molar-refractivity contribution is 7.99. The van der Waals surface area contributed by atoms with Gasteiger partial charge in [-0.2, -0.15) is 0 Å². The minimum absolute atomic E-state index is 0.0288. The molecule has 7 nitrogen and oxygen atoms in total. The molecule has 0 atom stereocenters. The third-order valence-electron chi connectivity index (χ3n) is 4.49. The number of nitrogens with zero attached hydrogens (tertiary/aromatic N) is 4. The maximum absolute atomic E-state index is 12.3. The normalized spacial score (nSPS) is 17.3. The van der Waals surface area contributed by atoms with E-state index < -0.39 is 0 Å². The van der Waals surface area contributed by atoms with E-state index in [2.05, 4.69) is 25.0 Å². The van der Waals surface area contributed by atoms with Crippen molar-refractivity contribution in [2.75, 3.05) is 42.3 Å². The van der Waals surface area contributed by atoms with E-state index in [1.807, 2.05) is 31.2 Å². The van der Waals surface area contributed by atoms with Gasteiger partial charge in [0.2, 0.25) is 11.9 Å². The van der Waals surface area contributed by atoms with Gasteiger partial charge in [0.25, 0.3) is 0 Å². The van der Waals surface area contributed by atoms with Crippen LogP contribution >= 0.6 is 11.8 Å². The summed E-state index contributed by atoms with van der Waals surface area (Å²) in [5.41, 5.74) is 1.95. The molecule has 2 heterocycles. The summed E-state index contributed by atoms with van der Waals surface area (Å²) in [6.07, 6.45) is 2.30. The Balaban J connectivity index is 1.41. The van der Waals surface area contributed by atoms with E-state index in [0.29, 0.717) is 11.8 Å². The molecule has 2 fully saturated rings. The fraction of sp³-hybridized carbons (Fsp3) is 0.500. The lowest BCUT2D eigenvalue weighted by molar-refractivity contribution is -0.113. The summed E-state index contributed by atoms with van der Waals surface area (Å²) in [5.74, 6) is 1.21. The Morgan fingerprint density at radius 2 is 2.12 bits per heavy atom. The SMILES string of the molecule is Cc1cccc(NC(=O)CSc2nnc(N3CCOCC3)n2C2CC2)c1. The Morgan fingerprint density at radius 1 is 1.31 bits per heavy atom. The number of aryl methyl sites for hydroxylation is 1. The number of amides is 1. The number of aromatic nitrogens is 3. The summed E-state index contributed by atoms with van der Waals surface area (Å²) in [6.45, 7) is 5.13. The number of hydrogen-bond donors (Lipinski definition) is 1. The van der Waals surface area contributed by atoms with Crippen molar-refractivity contribution in [3.8, 4) is 0 Å². The molecule has 8 heteroatoms. The zero-order valence-electron chi connectivity index (χ0n) is 14.9. The Hall–Kier alpha value is -2.06. The molecule has 1 saturated carbocycles. The minimum Gasteiger partial charge on any atom is -0.378 e. The molecule has 2 aliphatic rings. The highest BCUT2D eigenvalue weighted by Crippen LogP contribution is 2.41. The van der Waals surface area contributed by atoms with E-state index in [9.17, 15) is 4.79 Å². The molecule has 1 aromatic carbocycles. The van der Waals surface area contributed by atoms with Gasteiger partial charge in [0.05, 0.1) is 19.0 Å². The monoisotopic (exact) mass is 373 g/mol. The molecular formula is C18H23N5O2S. The quantitative estimate of drug-likeness (QED) is 0.785. The van der Waals surface area contributed by atoms with Gasteiger partial charge in [-0.15, -0.1) is 10.2 Å². The number of thioether (sulfide) groups is 1. The van der Waals surface area contributed by atoms with Gasteiger partial charge >= 0.3 is 0 Å². The van der Waals surface area contributed by atoms with Crippen LogP contribution in [0.15, 0.2) is 29.4 Å². The van der Waals surface area contributed by atoms with Crippen molar-refractivity contribution in [3.63, 3.8) is 0 Å². The average Bonchev–Trinajstić information content (AvgIpc) is 3.40. The summed E-state index contributed by atoms with van der Waals surface area (Å²) in [6, 6.07) is 8.28. The second-order valence-electron chi connectivity index (χ2n) is 6.69. The van der Waals surface area contributed by atoms with Crippen molar-refractivity contribution in [2.45, 2.75) is 31.0 Å². The fourth-order valence-corrected chi connectivity index (χ4v) is 3.85. The zero-order valence-corrected chi connectivity index (χ0v) is 15.7. The summed E-state index contributed by atoms with van der Waals surface area (Å²) in [7, 11) is 0. The first kappa shape index (κ1) is 17.4. The molecule has 0 spiro atoms. The number of rotatable bonds is 6. The van der Waals surface area contributed by atoms with Gasteiger partial charge in [0, 0.05) is 24.8 Å². The number of hydrogen-bond acceptors (Lipinski definition) is 6. The molecule has 1 amide bonds. The zero-order chi connectivity index (χ0) is 17.9. The standard InChI is InChI=1S/C18H23N5O2S/c1-13-3-2-4-14(11-13)19-16(24)12-26-18-21-20-17(23(18)15-5-6-15)22-7-9-25-10-8-22/h2-4,11,15H,5-10,12H2,1H3,(H,19,24). The van der Waals surface area contributed by atoms with E-state index >= 15 is 0 Å². The van der Waals surface area contributed by atoms with Crippen LogP contribution in [-0.4, -0.2) is 52.7 Å². The number of carbonyl (C=O) groups is 1. The van der Waals surface area contributed by atoms with Gasteiger partial charge in [-0.1, -0.05) is 23.9 Å². The fourth-order valence-electron chi connectivity index (χ4n) is 3.05. The van der Waals surface area contributed by atoms with Gasteiger partial charge in [0.1, 0.15) is 0 Å². The van der Waals surface area contributed by atoms with Crippen molar-refractivity contribution in [1.82, 2.24) is 14.8 Å². The molecular weight excluding hydrogens is 350 g/mol. The minimum atomic E-state index is -0.0288. The maximum Gasteiger partial charge on any atom is 0.234 e. The highest BCUT2D eigenvalue weighted by atomic mass is 32.2. The molecule has 1 aliphatic heterocycles. The summed E-state index contributed by atoms with van der Waals surface area (Å²) < 4.78 is 7.63. The van der Waals surface area contributed by atoms with Crippen LogP contribution in [0, 0.1) is 6.92 Å². The highest BCUT2D eigenvalue weighted by Gasteiger charge is 2.32. The molecule has 1 N–H and O–H groups in total. The van der Waals surface area contributed by atoms with Crippen LogP contribution in [0.4, 0.5) is 11.6 Å². The summed E-state index contributed by atoms with van der Waals surface area (Å²) in [4.78, 5) is 14.5. The van der Waals surface area contributed by atoms with Crippen molar-refractivity contribution in [2.24, 2.45) is 0 Å². The van der Waals surface area contributed by atoms with E-state index in [1.54, 1.807) is 0 Å². The Labute approximate surface area is 157 Å². The summed E-state index contributed by atoms with van der Waals surface area (Å²) in [5, 5.41) is 12.5. The predicted octanol–water partition coefficient (Wildman–Crippen LogP) is 2.49. The van der Waals surface area contributed by atoms with Crippen molar-refractivity contribution < 1.29 is 9.53 Å². The second kappa shape index (κ2) is 7.67. The van der Waals surface area contributed by atoms with Gasteiger partial charge < -0.3 is 15.0 Å². The first-order chi connectivity index (χ1) is 12.7. The third-order valence-corrected chi connectivity index (χ3v) is 5.43. The number of morpholine rings is 1. The first-order valence-electron chi connectivity index (χ1n) is 8.97. The van der Waals surface area contributed by atoms with Crippen molar-refractivity contribution in [1.29, 1.82) is 0 Å². The smallest absolute Gasteiger partial charge is 0.234 e. The van der Waals surface area contributed by atoms with Crippen LogP contribution in [0.1, 0.15) is 24.4 Å².